The van der Waals surface area contributed by atoms with Crippen LogP contribution in [0.2, 0.25) is 0 Å². The molecule has 1 amide bonds. The minimum Gasteiger partial charge on any atom is -0.406 e. The summed E-state index contributed by atoms with van der Waals surface area (Å²) in [6.45, 7) is 3.94. The second kappa shape index (κ2) is 6.45. The van der Waals surface area contributed by atoms with Crippen molar-refractivity contribution in [2.75, 3.05) is 7.05 Å². The summed E-state index contributed by atoms with van der Waals surface area (Å²) in [5, 5.41) is 0. The third-order valence-corrected chi connectivity index (χ3v) is 2.37. The van der Waals surface area contributed by atoms with E-state index in [4.69, 9.17) is 0 Å². The number of rotatable bonds is 4. The van der Waals surface area contributed by atoms with Crippen molar-refractivity contribution in [3.05, 3.63) is 41.5 Å². The molecular formula is C14H16F3NO2. The Balaban J connectivity index is 2.66. The largest absolute Gasteiger partial charge is 0.573 e. The van der Waals surface area contributed by atoms with Crippen molar-refractivity contribution in [3.8, 4) is 5.75 Å². The van der Waals surface area contributed by atoms with Crippen LogP contribution in [0.25, 0.3) is 0 Å². The summed E-state index contributed by atoms with van der Waals surface area (Å²) < 4.78 is 39.8. The number of carbonyl (C=O) groups is 1. The van der Waals surface area contributed by atoms with E-state index in [0.717, 1.165) is 11.1 Å². The molecule has 0 unspecified atom stereocenters. The second-order valence-corrected chi connectivity index (χ2v) is 4.61. The molecule has 0 saturated carbocycles. The van der Waals surface area contributed by atoms with Gasteiger partial charge in [-0.25, -0.2) is 0 Å². The van der Waals surface area contributed by atoms with E-state index in [0.29, 0.717) is 6.54 Å². The van der Waals surface area contributed by atoms with Crippen LogP contribution in [0.3, 0.4) is 0 Å². The lowest BCUT2D eigenvalue weighted by molar-refractivity contribution is -0.274. The van der Waals surface area contributed by atoms with E-state index in [9.17, 15) is 18.0 Å². The minimum absolute atomic E-state index is 0.152. The first kappa shape index (κ1) is 16.1. The number of ether oxygens (including phenoxy) is 1. The third kappa shape index (κ3) is 5.77. The van der Waals surface area contributed by atoms with Crippen molar-refractivity contribution < 1.29 is 22.7 Å². The maximum atomic E-state index is 12.0. The van der Waals surface area contributed by atoms with Gasteiger partial charge in [0, 0.05) is 19.7 Å². The standard InChI is InChI=1S/C14H16F3NO2/c1-10(2)8-13(19)18(3)9-11-4-6-12(7-5-11)20-14(15,16)17/h4-8H,9H2,1-3H3. The molecule has 0 aliphatic rings. The molecule has 6 heteroatoms. The molecule has 1 rings (SSSR count). The van der Waals surface area contributed by atoms with Gasteiger partial charge in [-0.2, -0.15) is 0 Å². The number of allylic oxidation sites excluding steroid dienone is 1. The van der Waals surface area contributed by atoms with Gasteiger partial charge in [0.05, 0.1) is 0 Å². The lowest BCUT2D eigenvalue weighted by Crippen LogP contribution is -2.24. The van der Waals surface area contributed by atoms with Crippen molar-refractivity contribution in [2.24, 2.45) is 0 Å². The van der Waals surface area contributed by atoms with Crippen molar-refractivity contribution in [1.29, 1.82) is 0 Å². The Morgan fingerprint density at radius 1 is 1.25 bits per heavy atom. The van der Waals surface area contributed by atoms with Crippen LogP contribution in [-0.4, -0.2) is 24.2 Å². The smallest absolute Gasteiger partial charge is 0.406 e. The van der Waals surface area contributed by atoms with Gasteiger partial charge in [-0.3, -0.25) is 4.79 Å². The van der Waals surface area contributed by atoms with Crippen LogP contribution in [0.5, 0.6) is 5.75 Å². The van der Waals surface area contributed by atoms with Crippen molar-refractivity contribution in [1.82, 2.24) is 4.90 Å². The summed E-state index contributed by atoms with van der Waals surface area (Å²) in [6, 6.07) is 5.44. The van der Waals surface area contributed by atoms with E-state index in [-0.39, 0.29) is 11.7 Å². The molecule has 0 aliphatic heterocycles. The van der Waals surface area contributed by atoms with Gasteiger partial charge in [0.1, 0.15) is 5.75 Å². The average Bonchev–Trinajstić information content (AvgIpc) is 2.28. The van der Waals surface area contributed by atoms with Crippen LogP contribution in [0.1, 0.15) is 19.4 Å². The van der Waals surface area contributed by atoms with Crippen LogP contribution in [-0.2, 0) is 11.3 Å². The molecule has 0 radical (unpaired) electrons. The van der Waals surface area contributed by atoms with Gasteiger partial charge in [0.15, 0.2) is 0 Å². The van der Waals surface area contributed by atoms with Crippen molar-refractivity contribution in [3.63, 3.8) is 0 Å². The van der Waals surface area contributed by atoms with Gasteiger partial charge >= 0.3 is 6.36 Å². The fourth-order valence-corrected chi connectivity index (χ4v) is 1.51. The fraction of sp³-hybridized carbons (Fsp3) is 0.357. The van der Waals surface area contributed by atoms with Crippen LogP contribution < -0.4 is 4.74 Å². The first-order valence-electron chi connectivity index (χ1n) is 5.92. The maximum Gasteiger partial charge on any atom is 0.573 e. The molecular weight excluding hydrogens is 271 g/mol. The van der Waals surface area contributed by atoms with Crippen molar-refractivity contribution >= 4 is 5.91 Å². The Morgan fingerprint density at radius 3 is 2.25 bits per heavy atom. The van der Waals surface area contributed by atoms with Gasteiger partial charge in [0.25, 0.3) is 0 Å². The Labute approximate surface area is 115 Å². The predicted molar refractivity (Wildman–Crippen MR) is 69.0 cm³/mol. The molecule has 0 fully saturated rings. The lowest BCUT2D eigenvalue weighted by atomic mass is 10.2. The Morgan fingerprint density at radius 2 is 1.80 bits per heavy atom. The number of hydrogen-bond acceptors (Lipinski definition) is 2. The van der Waals surface area contributed by atoms with E-state index < -0.39 is 6.36 Å². The number of amides is 1. The first-order chi connectivity index (χ1) is 9.17. The normalized spacial score (nSPS) is 10.9. The zero-order chi connectivity index (χ0) is 15.3. The quantitative estimate of drug-likeness (QED) is 0.793. The molecule has 0 heterocycles. The highest BCUT2D eigenvalue weighted by Gasteiger charge is 2.30. The maximum absolute atomic E-state index is 12.0. The molecule has 0 aliphatic carbocycles. The van der Waals surface area contributed by atoms with Crippen LogP contribution >= 0.6 is 0 Å². The molecule has 3 nitrogen and oxygen atoms in total. The number of likely N-dealkylation sites (N-methyl/N-ethyl adjacent to an activating group) is 1. The number of nitrogens with zero attached hydrogens (tertiary/aromatic N) is 1. The predicted octanol–water partition coefficient (Wildman–Crippen LogP) is 3.51. The number of halogens is 3. The van der Waals surface area contributed by atoms with E-state index in [1.807, 2.05) is 13.8 Å². The highest BCUT2D eigenvalue weighted by molar-refractivity contribution is 5.87. The third-order valence-electron chi connectivity index (χ3n) is 2.37. The molecule has 110 valence electrons. The summed E-state index contributed by atoms with van der Waals surface area (Å²) in [5.41, 5.74) is 1.60. The highest BCUT2D eigenvalue weighted by atomic mass is 19.4. The van der Waals surface area contributed by atoms with E-state index in [1.165, 1.54) is 35.2 Å². The van der Waals surface area contributed by atoms with Crippen molar-refractivity contribution in [2.45, 2.75) is 26.8 Å². The molecule has 1 aromatic rings. The van der Waals surface area contributed by atoms with Gasteiger partial charge in [-0.15, -0.1) is 13.2 Å². The number of carbonyl (C=O) groups excluding carboxylic acids is 1. The van der Waals surface area contributed by atoms with Crippen LogP contribution in [0.4, 0.5) is 13.2 Å². The van der Waals surface area contributed by atoms with Crippen LogP contribution in [0, 0.1) is 0 Å². The Bertz CT molecular complexity index is 488. The zero-order valence-corrected chi connectivity index (χ0v) is 11.5. The molecule has 0 aromatic heterocycles. The minimum atomic E-state index is -4.70. The first-order valence-corrected chi connectivity index (χ1v) is 5.92. The molecule has 0 atom stereocenters. The van der Waals surface area contributed by atoms with Gasteiger partial charge in [-0.1, -0.05) is 17.7 Å². The fourth-order valence-electron chi connectivity index (χ4n) is 1.51. The van der Waals surface area contributed by atoms with E-state index >= 15 is 0 Å². The topological polar surface area (TPSA) is 29.5 Å². The van der Waals surface area contributed by atoms with Gasteiger partial charge in [0.2, 0.25) is 5.91 Å². The Hall–Kier alpha value is -1.98. The SMILES string of the molecule is CC(C)=CC(=O)N(C)Cc1ccc(OC(F)(F)F)cc1. The van der Waals surface area contributed by atoms with Gasteiger partial charge < -0.3 is 9.64 Å². The van der Waals surface area contributed by atoms with Gasteiger partial charge in [-0.05, 0) is 31.5 Å². The summed E-state index contributed by atoms with van der Waals surface area (Å²) >= 11 is 0. The molecule has 0 N–H and O–H groups in total. The monoisotopic (exact) mass is 287 g/mol. The highest BCUT2D eigenvalue weighted by Crippen LogP contribution is 2.22. The summed E-state index contributed by atoms with van der Waals surface area (Å²) in [4.78, 5) is 13.2. The van der Waals surface area contributed by atoms with Crippen LogP contribution in [0.15, 0.2) is 35.9 Å². The van der Waals surface area contributed by atoms with E-state index in [2.05, 4.69) is 4.74 Å². The molecule has 1 aromatic carbocycles. The average molecular weight is 287 g/mol. The molecule has 0 bridgehead atoms. The number of alkyl halides is 3. The number of benzene rings is 1. The summed E-state index contributed by atoms with van der Waals surface area (Å²) in [5.74, 6) is -0.430. The molecule has 20 heavy (non-hydrogen) atoms. The zero-order valence-electron chi connectivity index (χ0n) is 11.5. The summed E-state index contributed by atoms with van der Waals surface area (Å²) in [6.07, 6.45) is -3.20. The lowest BCUT2D eigenvalue weighted by Gasteiger charge is -2.16. The molecule has 0 saturated heterocycles. The summed E-state index contributed by atoms with van der Waals surface area (Å²) in [7, 11) is 1.63. The molecule has 0 spiro atoms. The second-order valence-electron chi connectivity index (χ2n) is 4.61. The Kier molecular flexibility index (Phi) is 5.19. The van der Waals surface area contributed by atoms with E-state index in [1.54, 1.807) is 7.05 Å². The number of hydrogen-bond donors (Lipinski definition) is 0.